The van der Waals surface area contributed by atoms with E-state index in [0.29, 0.717) is 31.3 Å². The molecule has 4 rings (SSSR count). The van der Waals surface area contributed by atoms with Crippen LogP contribution in [-0.4, -0.2) is 62.0 Å². The highest BCUT2D eigenvalue weighted by Crippen LogP contribution is 2.42. The molecule has 2 aromatic carbocycles. The van der Waals surface area contributed by atoms with Gasteiger partial charge >= 0.3 is 12.4 Å². The van der Waals surface area contributed by atoms with Gasteiger partial charge in [-0.2, -0.15) is 31.5 Å². The van der Waals surface area contributed by atoms with E-state index >= 15 is 0 Å². The summed E-state index contributed by atoms with van der Waals surface area (Å²) in [4.78, 5) is 5.92. The second-order valence-electron chi connectivity index (χ2n) is 12.0. The van der Waals surface area contributed by atoms with Gasteiger partial charge in [-0.05, 0) is 85.6 Å². The zero-order valence-corrected chi connectivity index (χ0v) is 27.0. The van der Waals surface area contributed by atoms with Gasteiger partial charge in [0.2, 0.25) is 11.9 Å². The van der Waals surface area contributed by atoms with Crippen LogP contribution in [0.5, 0.6) is 0 Å². The number of piperidine rings is 1. The molecule has 2 aliphatic rings. The Morgan fingerprint density at radius 1 is 0.936 bits per heavy atom. The van der Waals surface area contributed by atoms with Crippen LogP contribution in [0, 0.1) is 19.8 Å². The first-order valence-corrected chi connectivity index (χ1v) is 15.4. The summed E-state index contributed by atoms with van der Waals surface area (Å²) < 4.78 is 82.5. The van der Waals surface area contributed by atoms with Crippen molar-refractivity contribution in [2.45, 2.75) is 64.5 Å². The van der Waals surface area contributed by atoms with Gasteiger partial charge in [0.1, 0.15) is 0 Å². The van der Waals surface area contributed by atoms with Gasteiger partial charge < -0.3 is 31.6 Å². The lowest BCUT2D eigenvalue weighted by Crippen LogP contribution is -2.45. The highest BCUT2D eigenvalue weighted by molar-refractivity contribution is 5.79. The fraction of sp³-hybridized carbons (Fsp3) is 0.548. The standard InChI is InChI=1S/C31H42F6N10/c1-19-12-20(2)27-25(13-19)26(6-5-9-46(27)17-21-7-10-45(11-8-21)28(38)42-40-3)47(29(39)43-44-41-4)18-22-14-23(30(32,33)34)16-24(15-22)31(35,36)37/h12-16,21,26,40H,5-11,17-18H2,1-4H3,(H2,38,42)(H2,39,41,43). The summed E-state index contributed by atoms with van der Waals surface area (Å²) in [6.45, 7) is 6.60. The molecule has 10 nitrogen and oxygen atoms in total. The molecule has 2 aromatic rings. The van der Waals surface area contributed by atoms with E-state index in [9.17, 15) is 26.3 Å². The van der Waals surface area contributed by atoms with Gasteiger partial charge in [-0.1, -0.05) is 22.8 Å². The van der Waals surface area contributed by atoms with Crippen LogP contribution >= 0.6 is 0 Å². The van der Waals surface area contributed by atoms with E-state index < -0.39 is 29.5 Å². The lowest BCUT2D eigenvalue weighted by Gasteiger charge is -2.37. The minimum Gasteiger partial charge on any atom is -0.371 e. The molecule has 1 fully saturated rings. The number of hydrazone groups is 1. The van der Waals surface area contributed by atoms with Crippen LogP contribution in [0.15, 0.2) is 50.9 Å². The van der Waals surface area contributed by atoms with E-state index in [0.717, 1.165) is 67.0 Å². The quantitative estimate of drug-likeness (QED) is 0.110. The van der Waals surface area contributed by atoms with Gasteiger partial charge in [-0.15, -0.1) is 5.10 Å². The lowest BCUT2D eigenvalue weighted by atomic mass is 9.93. The number of alkyl halides is 6. The number of likely N-dealkylation sites (tertiary alicyclic amines) is 1. The second kappa shape index (κ2) is 14.7. The third kappa shape index (κ3) is 8.77. The number of aryl methyl sites for hydroxylation is 2. The predicted molar refractivity (Wildman–Crippen MR) is 169 cm³/mol. The van der Waals surface area contributed by atoms with Gasteiger partial charge in [0, 0.05) is 45.5 Å². The number of nitrogens with two attached hydrogens (primary N) is 2. The van der Waals surface area contributed by atoms with Crippen LogP contribution in [0.25, 0.3) is 0 Å². The van der Waals surface area contributed by atoms with E-state index in [1.54, 1.807) is 7.05 Å². The van der Waals surface area contributed by atoms with Gasteiger partial charge in [-0.3, -0.25) is 0 Å². The van der Waals surface area contributed by atoms with Crippen molar-refractivity contribution in [2.75, 3.05) is 45.2 Å². The Morgan fingerprint density at radius 2 is 1.57 bits per heavy atom. The molecular formula is C31H42F6N10. The molecule has 16 heteroatoms. The van der Waals surface area contributed by atoms with E-state index in [1.807, 2.05) is 24.8 Å². The summed E-state index contributed by atoms with van der Waals surface area (Å²) in [6.07, 6.45) is -6.94. The molecule has 0 saturated carbocycles. The number of anilines is 1. The Hall–Kier alpha value is -4.24. The Balaban J connectivity index is 1.73. The summed E-state index contributed by atoms with van der Waals surface area (Å²) >= 11 is 0. The topological polar surface area (TPSA) is 123 Å². The minimum absolute atomic E-state index is 0.119. The fourth-order valence-electron chi connectivity index (χ4n) is 6.58. The van der Waals surface area contributed by atoms with Gasteiger partial charge in [0.15, 0.2) is 0 Å². The second-order valence-corrected chi connectivity index (χ2v) is 12.0. The Morgan fingerprint density at radius 3 is 2.15 bits per heavy atom. The highest BCUT2D eigenvalue weighted by atomic mass is 19.4. The highest BCUT2D eigenvalue weighted by Gasteiger charge is 2.38. The van der Waals surface area contributed by atoms with Crippen LogP contribution in [0.3, 0.4) is 0 Å². The van der Waals surface area contributed by atoms with E-state index in [1.165, 1.54) is 11.9 Å². The Bertz CT molecular complexity index is 1450. The largest absolute Gasteiger partial charge is 0.416 e. The summed E-state index contributed by atoms with van der Waals surface area (Å²) in [5.41, 5.74) is 16.0. The number of rotatable bonds is 7. The molecule has 0 amide bonds. The average Bonchev–Trinajstić information content (AvgIpc) is 3.17. The van der Waals surface area contributed by atoms with Crippen molar-refractivity contribution >= 4 is 17.6 Å². The molecule has 0 radical (unpaired) electrons. The normalized spacial score (nSPS) is 18.8. The molecule has 1 atom stereocenters. The summed E-state index contributed by atoms with van der Waals surface area (Å²) in [5.74, 6) is 0.654. The molecular weight excluding hydrogens is 626 g/mol. The number of nitrogens with zero attached hydrogens (tertiary/aromatic N) is 7. The van der Waals surface area contributed by atoms with E-state index in [-0.39, 0.29) is 24.1 Å². The number of benzene rings is 2. The number of guanidine groups is 2. The van der Waals surface area contributed by atoms with Crippen molar-refractivity contribution in [2.24, 2.45) is 37.9 Å². The van der Waals surface area contributed by atoms with Gasteiger partial charge in [-0.25, -0.2) is 0 Å². The summed E-state index contributed by atoms with van der Waals surface area (Å²) in [5, 5.41) is 15.3. The molecule has 2 aliphatic heterocycles. The van der Waals surface area contributed by atoms with Crippen LogP contribution in [0.1, 0.15) is 65.1 Å². The summed E-state index contributed by atoms with van der Waals surface area (Å²) in [6, 6.07) is 5.13. The number of hydrogen-bond acceptors (Lipinski definition) is 5. The van der Waals surface area contributed by atoms with Crippen molar-refractivity contribution < 1.29 is 26.3 Å². The first-order valence-electron chi connectivity index (χ1n) is 15.4. The summed E-state index contributed by atoms with van der Waals surface area (Å²) in [7, 11) is 3.07. The molecule has 1 saturated heterocycles. The average molecular weight is 669 g/mol. The molecule has 0 spiro atoms. The number of nitrogens with one attached hydrogen (secondary N) is 1. The van der Waals surface area contributed by atoms with Crippen molar-refractivity contribution in [3.05, 3.63) is 63.7 Å². The SMILES string of the molecule is CN=N/N=C(\N)N(Cc1cc(C(F)(F)F)cc(C(F)(F)F)c1)C1CCCN(CC2CCN(/C(N)=N/NC)CC2)c2c(C)cc(C)cc21. The molecule has 0 bridgehead atoms. The first-order chi connectivity index (χ1) is 22.1. The van der Waals surface area contributed by atoms with Crippen LogP contribution in [-0.2, 0) is 18.9 Å². The number of hydrogen-bond donors (Lipinski definition) is 3. The predicted octanol–water partition coefficient (Wildman–Crippen LogP) is 5.96. The Kier molecular flexibility index (Phi) is 11.1. The fourth-order valence-corrected chi connectivity index (χ4v) is 6.58. The maximum atomic E-state index is 13.7. The molecule has 2 heterocycles. The van der Waals surface area contributed by atoms with Crippen LogP contribution < -0.4 is 21.8 Å². The van der Waals surface area contributed by atoms with Gasteiger partial charge in [0.25, 0.3) is 0 Å². The van der Waals surface area contributed by atoms with Crippen LogP contribution in [0.2, 0.25) is 0 Å². The maximum absolute atomic E-state index is 13.7. The third-order valence-electron chi connectivity index (χ3n) is 8.61. The van der Waals surface area contributed by atoms with Crippen molar-refractivity contribution in [3.63, 3.8) is 0 Å². The van der Waals surface area contributed by atoms with E-state index in [2.05, 4.69) is 36.9 Å². The molecule has 47 heavy (non-hydrogen) atoms. The lowest BCUT2D eigenvalue weighted by molar-refractivity contribution is -0.143. The van der Waals surface area contributed by atoms with Crippen molar-refractivity contribution in [1.29, 1.82) is 0 Å². The van der Waals surface area contributed by atoms with E-state index in [4.69, 9.17) is 11.5 Å². The molecule has 0 aromatic heterocycles. The molecule has 1 unspecified atom stereocenters. The zero-order valence-electron chi connectivity index (χ0n) is 27.0. The Labute approximate surface area is 270 Å². The molecule has 5 N–H and O–H groups in total. The maximum Gasteiger partial charge on any atom is 0.416 e. The number of fused-ring (bicyclic) bond motifs is 1. The van der Waals surface area contributed by atoms with Crippen molar-refractivity contribution in [3.8, 4) is 0 Å². The minimum atomic E-state index is -4.98. The smallest absolute Gasteiger partial charge is 0.371 e. The molecule has 0 aliphatic carbocycles. The van der Waals surface area contributed by atoms with Crippen molar-refractivity contribution in [1.82, 2.24) is 15.2 Å². The molecule has 258 valence electrons. The first kappa shape index (κ1) is 35.6. The van der Waals surface area contributed by atoms with Crippen LogP contribution in [0.4, 0.5) is 32.0 Å². The number of halogens is 6. The van der Waals surface area contributed by atoms with Gasteiger partial charge in [0.05, 0.1) is 24.2 Å². The monoisotopic (exact) mass is 668 g/mol. The third-order valence-corrected chi connectivity index (χ3v) is 8.61. The zero-order chi connectivity index (χ0) is 34.5.